The van der Waals surface area contributed by atoms with E-state index in [0.717, 1.165) is 18.7 Å². The van der Waals surface area contributed by atoms with Gasteiger partial charge >= 0.3 is 0 Å². The van der Waals surface area contributed by atoms with Crippen molar-refractivity contribution < 1.29 is 0 Å². The van der Waals surface area contributed by atoms with Gasteiger partial charge in [-0.2, -0.15) is 0 Å². The summed E-state index contributed by atoms with van der Waals surface area (Å²) in [4.78, 5) is 8.05. The number of nitrogens with two attached hydrogens (primary N) is 1. The van der Waals surface area contributed by atoms with Crippen molar-refractivity contribution in [3.05, 3.63) is 18.6 Å². The van der Waals surface area contributed by atoms with E-state index in [9.17, 15) is 0 Å². The highest BCUT2D eigenvalue weighted by Gasteiger charge is 2.20. The van der Waals surface area contributed by atoms with Gasteiger partial charge in [-0.15, -0.1) is 0 Å². The molecule has 2 atom stereocenters. The minimum atomic E-state index is 0.252. The maximum Gasteiger partial charge on any atom is 0.129 e. The van der Waals surface area contributed by atoms with Crippen LogP contribution in [0, 0.1) is 0 Å². The van der Waals surface area contributed by atoms with Gasteiger partial charge in [0.25, 0.3) is 0 Å². The topological polar surface area (TPSA) is 63.8 Å². The van der Waals surface area contributed by atoms with Crippen LogP contribution in [-0.4, -0.2) is 22.1 Å². The van der Waals surface area contributed by atoms with Gasteiger partial charge in [-0.1, -0.05) is 19.3 Å². The van der Waals surface area contributed by atoms with Gasteiger partial charge in [-0.25, -0.2) is 9.97 Å². The second-order valence-electron chi connectivity index (χ2n) is 4.15. The van der Waals surface area contributed by atoms with Gasteiger partial charge < -0.3 is 11.1 Å². The Bertz CT molecular complexity index is 288. The predicted molar refractivity (Wildman–Crippen MR) is 60.5 cm³/mol. The highest BCUT2D eigenvalue weighted by Crippen LogP contribution is 2.19. The van der Waals surface area contributed by atoms with Crippen LogP contribution in [0.2, 0.25) is 0 Å². The van der Waals surface area contributed by atoms with Crippen LogP contribution in [0.25, 0.3) is 0 Å². The van der Waals surface area contributed by atoms with Crippen molar-refractivity contribution in [3.8, 4) is 0 Å². The van der Waals surface area contributed by atoms with Crippen molar-refractivity contribution >= 4 is 5.82 Å². The van der Waals surface area contributed by atoms with Crippen molar-refractivity contribution in [1.29, 1.82) is 0 Å². The van der Waals surface area contributed by atoms with Crippen molar-refractivity contribution in [2.75, 3.05) is 5.32 Å². The lowest BCUT2D eigenvalue weighted by Gasteiger charge is -2.22. The molecular weight excluding hydrogens is 188 g/mol. The van der Waals surface area contributed by atoms with Crippen LogP contribution in [0.5, 0.6) is 0 Å². The summed E-state index contributed by atoms with van der Waals surface area (Å²) in [6.07, 6.45) is 9.38. The Morgan fingerprint density at radius 3 is 2.93 bits per heavy atom. The molecule has 2 rings (SSSR count). The third kappa shape index (κ3) is 2.89. The van der Waals surface area contributed by atoms with Crippen molar-refractivity contribution in [2.24, 2.45) is 5.73 Å². The van der Waals surface area contributed by atoms with Crippen molar-refractivity contribution in [2.45, 2.75) is 44.2 Å². The third-order valence-corrected chi connectivity index (χ3v) is 2.98. The molecule has 0 amide bonds. The van der Waals surface area contributed by atoms with Crippen LogP contribution in [0.4, 0.5) is 5.82 Å². The lowest BCUT2D eigenvalue weighted by molar-refractivity contribution is 0.527. The Kier molecular flexibility index (Phi) is 3.50. The number of rotatable bonds is 2. The third-order valence-electron chi connectivity index (χ3n) is 2.98. The smallest absolute Gasteiger partial charge is 0.129 e. The quantitative estimate of drug-likeness (QED) is 0.721. The van der Waals surface area contributed by atoms with Gasteiger partial charge in [0.05, 0.1) is 0 Å². The van der Waals surface area contributed by atoms with E-state index >= 15 is 0 Å². The molecule has 1 saturated carbocycles. The molecule has 0 saturated heterocycles. The van der Waals surface area contributed by atoms with E-state index < -0.39 is 0 Å². The second-order valence-corrected chi connectivity index (χ2v) is 4.15. The molecule has 0 radical (unpaired) electrons. The van der Waals surface area contributed by atoms with Crippen LogP contribution in [0.1, 0.15) is 32.1 Å². The molecule has 1 aromatic rings. The molecule has 15 heavy (non-hydrogen) atoms. The minimum absolute atomic E-state index is 0.252. The highest BCUT2D eigenvalue weighted by molar-refractivity contribution is 5.33. The van der Waals surface area contributed by atoms with E-state index in [-0.39, 0.29) is 6.04 Å². The molecule has 0 bridgehead atoms. The zero-order chi connectivity index (χ0) is 10.5. The molecule has 1 aliphatic rings. The lowest BCUT2D eigenvalue weighted by atomic mass is 10.0. The van der Waals surface area contributed by atoms with Crippen molar-refractivity contribution in [3.63, 3.8) is 0 Å². The summed E-state index contributed by atoms with van der Waals surface area (Å²) in [6.45, 7) is 0. The standard InChI is InChI=1S/C11H18N4/c12-9-4-2-1-3-5-10(9)15-11-6-7-13-8-14-11/h6-10H,1-5,12H2,(H,13,14,15). The molecule has 2 unspecified atom stereocenters. The summed E-state index contributed by atoms with van der Waals surface area (Å²) in [5.41, 5.74) is 6.12. The lowest BCUT2D eigenvalue weighted by Crippen LogP contribution is -2.39. The van der Waals surface area contributed by atoms with E-state index in [4.69, 9.17) is 5.73 Å². The molecule has 82 valence electrons. The number of hydrogen-bond acceptors (Lipinski definition) is 4. The number of anilines is 1. The second kappa shape index (κ2) is 5.07. The average Bonchev–Trinajstić information content (AvgIpc) is 2.46. The fourth-order valence-electron chi connectivity index (χ4n) is 2.08. The summed E-state index contributed by atoms with van der Waals surface area (Å²) >= 11 is 0. The Balaban J connectivity index is 1.97. The first-order valence-corrected chi connectivity index (χ1v) is 5.64. The maximum absolute atomic E-state index is 6.12. The molecule has 1 fully saturated rings. The van der Waals surface area contributed by atoms with Crippen LogP contribution >= 0.6 is 0 Å². The molecule has 1 aromatic heterocycles. The summed E-state index contributed by atoms with van der Waals surface area (Å²) < 4.78 is 0. The van der Waals surface area contributed by atoms with Crippen LogP contribution < -0.4 is 11.1 Å². The predicted octanol–water partition coefficient (Wildman–Crippen LogP) is 1.55. The van der Waals surface area contributed by atoms with Crippen LogP contribution in [0.15, 0.2) is 18.6 Å². The van der Waals surface area contributed by atoms with Crippen LogP contribution in [0.3, 0.4) is 0 Å². The van der Waals surface area contributed by atoms with E-state index in [1.165, 1.54) is 19.3 Å². The summed E-state index contributed by atoms with van der Waals surface area (Å²) in [6, 6.07) is 2.50. The number of aromatic nitrogens is 2. The van der Waals surface area contributed by atoms with Gasteiger partial charge in [-0.3, -0.25) is 0 Å². The molecule has 0 aliphatic heterocycles. The SMILES string of the molecule is NC1CCCCCC1Nc1ccncn1. The molecule has 3 N–H and O–H groups in total. The van der Waals surface area contributed by atoms with E-state index in [1.54, 1.807) is 12.5 Å². The van der Waals surface area contributed by atoms with Crippen LogP contribution in [-0.2, 0) is 0 Å². The Morgan fingerprint density at radius 1 is 1.27 bits per heavy atom. The molecule has 4 heteroatoms. The first-order chi connectivity index (χ1) is 7.36. The fraction of sp³-hybridized carbons (Fsp3) is 0.636. The average molecular weight is 206 g/mol. The Morgan fingerprint density at radius 2 is 2.13 bits per heavy atom. The molecule has 0 aromatic carbocycles. The maximum atomic E-state index is 6.12. The minimum Gasteiger partial charge on any atom is -0.366 e. The molecular formula is C11H18N4. The normalized spacial score (nSPS) is 27.0. The number of hydrogen-bond donors (Lipinski definition) is 2. The molecule has 1 heterocycles. The summed E-state index contributed by atoms with van der Waals surface area (Å²) in [5.74, 6) is 0.882. The van der Waals surface area contributed by atoms with Crippen molar-refractivity contribution in [1.82, 2.24) is 9.97 Å². The first kappa shape index (κ1) is 10.4. The monoisotopic (exact) mass is 206 g/mol. The molecule has 0 spiro atoms. The first-order valence-electron chi connectivity index (χ1n) is 5.64. The van der Waals surface area contributed by atoms with Gasteiger partial charge in [0.2, 0.25) is 0 Å². The zero-order valence-corrected chi connectivity index (χ0v) is 8.89. The zero-order valence-electron chi connectivity index (χ0n) is 8.89. The van der Waals surface area contributed by atoms with Gasteiger partial charge in [0.15, 0.2) is 0 Å². The summed E-state index contributed by atoms with van der Waals surface area (Å²) in [5, 5.41) is 3.39. The van der Waals surface area contributed by atoms with Gasteiger partial charge in [0, 0.05) is 18.3 Å². The Hall–Kier alpha value is -1.16. The largest absolute Gasteiger partial charge is 0.366 e. The molecule has 1 aliphatic carbocycles. The molecule has 4 nitrogen and oxygen atoms in total. The van der Waals surface area contributed by atoms with E-state index in [1.807, 2.05) is 6.07 Å². The Labute approximate surface area is 90.3 Å². The summed E-state index contributed by atoms with van der Waals surface area (Å²) in [7, 11) is 0. The fourth-order valence-corrected chi connectivity index (χ4v) is 2.08. The van der Waals surface area contributed by atoms with Gasteiger partial charge in [0.1, 0.15) is 12.1 Å². The number of nitrogens with zero attached hydrogens (tertiary/aromatic N) is 2. The highest BCUT2D eigenvalue weighted by atomic mass is 15.0. The number of nitrogens with one attached hydrogen (secondary N) is 1. The van der Waals surface area contributed by atoms with E-state index in [0.29, 0.717) is 6.04 Å². The van der Waals surface area contributed by atoms with Gasteiger partial charge in [-0.05, 0) is 18.9 Å². The van der Waals surface area contributed by atoms with E-state index in [2.05, 4.69) is 15.3 Å².